The molecule has 0 aliphatic carbocycles. The first-order valence-electron chi connectivity index (χ1n) is 5.06. The molecule has 2 aromatic rings. The fourth-order valence-corrected chi connectivity index (χ4v) is 1.55. The number of benzene rings is 2. The van der Waals surface area contributed by atoms with Crippen molar-refractivity contribution < 1.29 is 14.0 Å². The SMILES string of the molecule is O=Cc1cccc(C(=O)c2cccc(F)c2)c1. The number of hydrogen-bond donors (Lipinski definition) is 0. The van der Waals surface area contributed by atoms with Gasteiger partial charge >= 0.3 is 0 Å². The van der Waals surface area contributed by atoms with Crippen molar-refractivity contribution in [3.05, 3.63) is 71.0 Å². The number of aldehydes is 1. The Hall–Kier alpha value is -2.29. The van der Waals surface area contributed by atoms with E-state index < -0.39 is 5.82 Å². The van der Waals surface area contributed by atoms with Gasteiger partial charge in [0.15, 0.2) is 5.78 Å². The molecule has 0 unspecified atom stereocenters. The van der Waals surface area contributed by atoms with Crippen LogP contribution in [0.25, 0.3) is 0 Å². The summed E-state index contributed by atoms with van der Waals surface area (Å²) < 4.78 is 13.0. The number of carbonyl (C=O) groups is 2. The first-order valence-corrected chi connectivity index (χ1v) is 5.06. The van der Waals surface area contributed by atoms with E-state index in [1.54, 1.807) is 24.3 Å². The number of hydrogen-bond acceptors (Lipinski definition) is 2. The highest BCUT2D eigenvalue weighted by molar-refractivity contribution is 6.09. The van der Waals surface area contributed by atoms with Crippen molar-refractivity contribution >= 4 is 12.1 Å². The second-order valence-electron chi connectivity index (χ2n) is 3.58. The lowest BCUT2D eigenvalue weighted by Gasteiger charge is -2.01. The Bertz CT molecular complexity index is 576. The summed E-state index contributed by atoms with van der Waals surface area (Å²) in [6.07, 6.45) is 0.669. The maximum absolute atomic E-state index is 13.0. The van der Waals surface area contributed by atoms with Gasteiger partial charge in [0.25, 0.3) is 0 Å². The maximum Gasteiger partial charge on any atom is 0.193 e. The predicted octanol–water partition coefficient (Wildman–Crippen LogP) is 2.87. The van der Waals surface area contributed by atoms with Crippen LogP contribution in [0.5, 0.6) is 0 Å². The average molecular weight is 228 g/mol. The van der Waals surface area contributed by atoms with Crippen LogP contribution in [0.2, 0.25) is 0 Å². The quantitative estimate of drug-likeness (QED) is 0.598. The third kappa shape index (κ3) is 2.45. The van der Waals surface area contributed by atoms with Gasteiger partial charge in [-0.1, -0.05) is 30.3 Å². The van der Waals surface area contributed by atoms with Gasteiger partial charge in [0, 0.05) is 16.7 Å². The van der Waals surface area contributed by atoms with Crippen molar-refractivity contribution in [1.82, 2.24) is 0 Å². The molecule has 0 aliphatic rings. The molecule has 0 atom stereocenters. The molecule has 2 rings (SSSR count). The molecule has 0 fully saturated rings. The molecule has 0 saturated heterocycles. The van der Waals surface area contributed by atoms with Crippen LogP contribution in [-0.2, 0) is 0 Å². The molecule has 17 heavy (non-hydrogen) atoms. The lowest BCUT2D eigenvalue weighted by molar-refractivity contribution is 0.103. The zero-order valence-corrected chi connectivity index (χ0v) is 8.89. The smallest absolute Gasteiger partial charge is 0.193 e. The molecule has 2 aromatic carbocycles. The van der Waals surface area contributed by atoms with Crippen LogP contribution in [0, 0.1) is 5.82 Å². The van der Waals surface area contributed by atoms with Crippen LogP contribution in [0.1, 0.15) is 26.3 Å². The van der Waals surface area contributed by atoms with E-state index in [1.807, 2.05) is 0 Å². The molecular formula is C14H9FO2. The van der Waals surface area contributed by atoms with Crippen LogP contribution in [0.15, 0.2) is 48.5 Å². The minimum Gasteiger partial charge on any atom is -0.298 e. The summed E-state index contributed by atoms with van der Waals surface area (Å²) in [7, 11) is 0. The Labute approximate surface area is 97.7 Å². The van der Waals surface area contributed by atoms with Crippen molar-refractivity contribution in [3.63, 3.8) is 0 Å². The molecule has 0 saturated carbocycles. The maximum atomic E-state index is 13.0. The van der Waals surface area contributed by atoms with Crippen LogP contribution in [-0.4, -0.2) is 12.1 Å². The first kappa shape index (κ1) is 11.2. The van der Waals surface area contributed by atoms with E-state index in [2.05, 4.69) is 0 Å². The molecule has 2 nitrogen and oxygen atoms in total. The van der Waals surface area contributed by atoms with Crippen molar-refractivity contribution in [2.24, 2.45) is 0 Å². The van der Waals surface area contributed by atoms with E-state index in [-0.39, 0.29) is 11.3 Å². The molecule has 0 spiro atoms. The second-order valence-corrected chi connectivity index (χ2v) is 3.58. The van der Waals surface area contributed by atoms with Crippen molar-refractivity contribution in [1.29, 1.82) is 0 Å². The lowest BCUT2D eigenvalue weighted by Crippen LogP contribution is -2.02. The summed E-state index contributed by atoms with van der Waals surface area (Å²) in [4.78, 5) is 22.6. The number of ketones is 1. The van der Waals surface area contributed by atoms with E-state index in [9.17, 15) is 14.0 Å². The van der Waals surface area contributed by atoms with Crippen LogP contribution < -0.4 is 0 Å². The summed E-state index contributed by atoms with van der Waals surface area (Å²) in [5.74, 6) is -0.754. The van der Waals surface area contributed by atoms with Crippen molar-refractivity contribution in [2.45, 2.75) is 0 Å². The van der Waals surface area contributed by atoms with Crippen molar-refractivity contribution in [2.75, 3.05) is 0 Å². The molecule has 0 N–H and O–H groups in total. The number of rotatable bonds is 3. The molecule has 0 radical (unpaired) electrons. The summed E-state index contributed by atoms with van der Waals surface area (Å²) in [6, 6.07) is 11.8. The van der Waals surface area contributed by atoms with Crippen molar-refractivity contribution in [3.8, 4) is 0 Å². The summed E-state index contributed by atoms with van der Waals surface area (Å²) in [5.41, 5.74) is 1.07. The van der Waals surface area contributed by atoms with Crippen LogP contribution in [0.4, 0.5) is 4.39 Å². The summed E-state index contributed by atoms with van der Waals surface area (Å²) in [6.45, 7) is 0. The molecular weight excluding hydrogens is 219 g/mol. The Morgan fingerprint density at radius 3 is 2.29 bits per heavy atom. The van der Waals surface area contributed by atoms with Gasteiger partial charge < -0.3 is 0 Å². The van der Waals surface area contributed by atoms with Gasteiger partial charge in [-0.05, 0) is 18.2 Å². The molecule has 0 aliphatic heterocycles. The number of carbonyl (C=O) groups excluding carboxylic acids is 2. The fourth-order valence-electron chi connectivity index (χ4n) is 1.55. The lowest BCUT2D eigenvalue weighted by atomic mass is 10.0. The second kappa shape index (κ2) is 4.70. The first-order chi connectivity index (χ1) is 8.20. The Balaban J connectivity index is 2.40. The summed E-state index contributed by atoms with van der Waals surface area (Å²) >= 11 is 0. The zero-order valence-electron chi connectivity index (χ0n) is 8.89. The molecule has 84 valence electrons. The van der Waals surface area contributed by atoms with Gasteiger partial charge in [0.05, 0.1) is 0 Å². The van der Waals surface area contributed by atoms with Gasteiger partial charge in [-0.25, -0.2) is 4.39 Å². The topological polar surface area (TPSA) is 34.1 Å². The minimum atomic E-state index is -0.456. The minimum absolute atomic E-state index is 0.271. The summed E-state index contributed by atoms with van der Waals surface area (Å²) in [5, 5.41) is 0. The molecule has 0 bridgehead atoms. The fraction of sp³-hybridized carbons (Fsp3) is 0. The van der Waals surface area contributed by atoms with E-state index in [1.165, 1.54) is 24.3 Å². The number of halogens is 1. The van der Waals surface area contributed by atoms with E-state index in [0.29, 0.717) is 17.4 Å². The van der Waals surface area contributed by atoms with E-state index in [4.69, 9.17) is 0 Å². The third-order valence-electron chi connectivity index (χ3n) is 2.37. The Morgan fingerprint density at radius 1 is 1.00 bits per heavy atom. The van der Waals surface area contributed by atoms with Gasteiger partial charge in [-0.3, -0.25) is 9.59 Å². The Kier molecular flexibility index (Phi) is 3.10. The molecule has 0 aromatic heterocycles. The predicted molar refractivity (Wildman–Crippen MR) is 61.7 cm³/mol. The van der Waals surface area contributed by atoms with E-state index >= 15 is 0 Å². The largest absolute Gasteiger partial charge is 0.298 e. The molecule has 3 heteroatoms. The van der Waals surface area contributed by atoms with Gasteiger partial charge in [-0.2, -0.15) is 0 Å². The highest BCUT2D eigenvalue weighted by atomic mass is 19.1. The van der Waals surface area contributed by atoms with Gasteiger partial charge in [0.1, 0.15) is 12.1 Å². The standard InChI is InChI=1S/C14H9FO2/c15-13-6-2-5-12(8-13)14(17)11-4-1-3-10(7-11)9-16/h1-9H. The van der Waals surface area contributed by atoms with Crippen LogP contribution in [0.3, 0.4) is 0 Å². The monoisotopic (exact) mass is 228 g/mol. The van der Waals surface area contributed by atoms with Crippen LogP contribution >= 0.6 is 0 Å². The Morgan fingerprint density at radius 2 is 1.65 bits per heavy atom. The third-order valence-corrected chi connectivity index (χ3v) is 2.37. The molecule has 0 heterocycles. The normalized spacial score (nSPS) is 9.94. The zero-order chi connectivity index (χ0) is 12.3. The highest BCUT2D eigenvalue weighted by Gasteiger charge is 2.09. The molecule has 0 amide bonds. The van der Waals surface area contributed by atoms with Gasteiger partial charge in [-0.15, -0.1) is 0 Å². The van der Waals surface area contributed by atoms with Gasteiger partial charge in [0.2, 0.25) is 0 Å². The highest BCUT2D eigenvalue weighted by Crippen LogP contribution is 2.12. The van der Waals surface area contributed by atoms with E-state index in [0.717, 1.165) is 0 Å². The average Bonchev–Trinajstić information content (AvgIpc) is 2.38.